The summed E-state index contributed by atoms with van der Waals surface area (Å²) < 4.78 is 21.0. The molecular formula is C20H14BrFN4O. The van der Waals surface area contributed by atoms with Crippen LogP contribution in [0.4, 0.5) is 4.39 Å². The SMILES string of the molecule is Cc1ccc(-c2[nH]nc3c2[C@H](c2cc(Br)ccc2F)C(C#N)=C(N)O3)cc1. The summed E-state index contributed by atoms with van der Waals surface area (Å²) in [6, 6.07) is 14.5. The quantitative estimate of drug-likeness (QED) is 0.633. The Balaban J connectivity index is 1.98. The highest BCUT2D eigenvalue weighted by atomic mass is 79.9. The van der Waals surface area contributed by atoms with E-state index in [1.165, 1.54) is 6.07 Å². The number of allylic oxidation sites excluding steroid dienone is 1. The van der Waals surface area contributed by atoms with Crippen molar-refractivity contribution in [2.24, 2.45) is 5.73 Å². The van der Waals surface area contributed by atoms with Crippen molar-refractivity contribution in [3.8, 4) is 23.2 Å². The number of aryl methyl sites for hydroxylation is 1. The Hall–Kier alpha value is -3.11. The molecule has 0 saturated heterocycles. The van der Waals surface area contributed by atoms with Crippen LogP contribution in [0.25, 0.3) is 11.3 Å². The van der Waals surface area contributed by atoms with Gasteiger partial charge in [0.15, 0.2) is 0 Å². The highest BCUT2D eigenvalue weighted by Crippen LogP contribution is 2.46. The van der Waals surface area contributed by atoms with Gasteiger partial charge < -0.3 is 10.5 Å². The number of ether oxygens (including phenoxy) is 1. The number of hydrogen-bond donors (Lipinski definition) is 2. The van der Waals surface area contributed by atoms with E-state index in [1.54, 1.807) is 12.1 Å². The minimum atomic E-state index is -0.730. The van der Waals surface area contributed by atoms with E-state index in [0.717, 1.165) is 11.1 Å². The van der Waals surface area contributed by atoms with Gasteiger partial charge in [-0.2, -0.15) is 5.26 Å². The topological polar surface area (TPSA) is 87.7 Å². The summed E-state index contributed by atoms with van der Waals surface area (Å²) in [6.45, 7) is 1.99. The van der Waals surface area contributed by atoms with Gasteiger partial charge in [-0.25, -0.2) is 4.39 Å². The second kappa shape index (κ2) is 6.56. The zero-order chi connectivity index (χ0) is 19.1. The van der Waals surface area contributed by atoms with E-state index in [9.17, 15) is 9.65 Å². The molecule has 0 fully saturated rings. The molecule has 1 aromatic heterocycles. The summed E-state index contributed by atoms with van der Waals surface area (Å²) in [5, 5.41) is 16.8. The fraction of sp³-hybridized carbons (Fsp3) is 0.100. The Bertz CT molecular complexity index is 1110. The van der Waals surface area contributed by atoms with E-state index in [-0.39, 0.29) is 17.3 Å². The second-order valence-corrected chi connectivity index (χ2v) is 7.19. The summed E-state index contributed by atoms with van der Waals surface area (Å²) in [5.74, 6) is -0.998. The Morgan fingerprint density at radius 1 is 1.26 bits per heavy atom. The number of nitriles is 1. The molecule has 0 aliphatic carbocycles. The monoisotopic (exact) mass is 424 g/mol. The van der Waals surface area contributed by atoms with Gasteiger partial charge in [-0.1, -0.05) is 45.8 Å². The van der Waals surface area contributed by atoms with Gasteiger partial charge in [-0.05, 0) is 25.1 Å². The lowest BCUT2D eigenvalue weighted by Crippen LogP contribution is -2.21. The maximum atomic E-state index is 14.7. The minimum absolute atomic E-state index is 0.0728. The average molecular weight is 425 g/mol. The molecule has 134 valence electrons. The molecule has 7 heteroatoms. The average Bonchev–Trinajstić information content (AvgIpc) is 3.06. The zero-order valence-electron chi connectivity index (χ0n) is 14.3. The van der Waals surface area contributed by atoms with Crippen LogP contribution in [-0.4, -0.2) is 10.2 Å². The number of H-pyrrole nitrogens is 1. The first-order chi connectivity index (χ1) is 13.0. The van der Waals surface area contributed by atoms with Crippen LogP contribution >= 0.6 is 15.9 Å². The van der Waals surface area contributed by atoms with Crippen molar-refractivity contribution in [1.82, 2.24) is 10.2 Å². The maximum absolute atomic E-state index is 14.7. The summed E-state index contributed by atoms with van der Waals surface area (Å²) in [7, 11) is 0. The Kier molecular flexibility index (Phi) is 4.21. The summed E-state index contributed by atoms with van der Waals surface area (Å²) in [6.07, 6.45) is 0. The van der Waals surface area contributed by atoms with E-state index in [2.05, 4.69) is 32.2 Å². The van der Waals surface area contributed by atoms with Gasteiger partial charge in [-0.15, -0.1) is 5.10 Å². The van der Waals surface area contributed by atoms with Crippen LogP contribution in [0.1, 0.15) is 22.6 Å². The highest BCUT2D eigenvalue weighted by molar-refractivity contribution is 9.10. The number of nitrogens with one attached hydrogen (secondary N) is 1. The fourth-order valence-electron chi connectivity index (χ4n) is 3.23. The number of fused-ring (bicyclic) bond motifs is 1. The lowest BCUT2D eigenvalue weighted by Gasteiger charge is -2.24. The number of benzene rings is 2. The standard InChI is InChI=1S/C20H14BrFN4O/c1-10-2-4-11(5-3-10)18-17-16(13-8-12(21)6-7-15(13)22)14(9-23)19(24)27-20(17)26-25-18/h2-8,16H,24H2,1H3,(H,25,26)/t16-/m1/s1. The highest BCUT2D eigenvalue weighted by Gasteiger charge is 2.37. The van der Waals surface area contributed by atoms with E-state index < -0.39 is 11.7 Å². The number of rotatable bonds is 2. The molecule has 3 aromatic rings. The number of aromatic nitrogens is 2. The lowest BCUT2D eigenvalue weighted by atomic mass is 9.82. The Morgan fingerprint density at radius 3 is 2.70 bits per heavy atom. The van der Waals surface area contributed by atoms with E-state index >= 15 is 0 Å². The van der Waals surface area contributed by atoms with Crippen LogP contribution in [0.15, 0.2) is 58.4 Å². The Labute approximate surface area is 163 Å². The summed E-state index contributed by atoms with van der Waals surface area (Å²) in [5.41, 5.74) is 9.62. The second-order valence-electron chi connectivity index (χ2n) is 6.27. The van der Waals surface area contributed by atoms with Crippen LogP contribution in [0.3, 0.4) is 0 Å². The number of aromatic amines is 1. The van der Waals surface area contributed by atoms with Crippen LogP contribution in [0.2, 0.25) is 0 Å². The molecule has 1 aliphatic heterocycles. The van der Waals surface area contributed by atoms with Crippen LogP contribution in [-0.2, 0) is 0 Å². The fourth-order valence-corrected chi connectivity index (χ4v) is 3.61. The van der Waals surface area contributed by atoms with E-state index in [4.69, 9.17) is 10.5 Å². The van der Waals surface area contributed by atoms with Crippen molar-refractivity contribution >= 4 is 15.9 Å². The molecule has 1 aliphatic rings. The number of nitrogens with two attached hydrogens (primary N) is 1. The van der Waals surface area contributed by atoms with Crippen LogP contribution < -0.4 is 10.5 Å². The van der Waals surface area contributed by atoms with Crippen molar-refractivity contribution in [3.05, 3.63) is 80.9 Å². The predicted molar refractivity (Wildman–Crippen MR) is 102 cm³/mol. The molecule has 27 heavy (non-hydrogen) atoms. The molecule has 2 heterocycles. The molecule has 3 N–H and O–H groups in total. The predicted octanol–water partition coefficient (Wildman–Crippen LogP) is 4.50. The molecule has 0 amide bonds. The third kappa shape index (κ3) is 2.88. The molecule has 0 radical (unpaired) electrons. The van der Waals surface area contributed by atoms with Crippen molar-refractivity contribution in [3.63, 3.8) is 0 Å². The van der Waals surface area contributed by atoms with Crippen molar-refractivity contribution < 1.29 is 9.13 Å². The van der Waals surface area contributed by atoms with Crippen molar-refractivity contribution in [1.29, 1.82) is 5.26 Å². The van der Waals surface area contributed by atoms with Crippen molar-refractivity contribution in [2.75, 3.05) is 0 Å². The summed E-state index contributed by atoms with van der Waals surface area (Å²) >= 11 is 3.37. The molecule has 2 aromatic carbocycles. The third-order valence-electron chi connectivity index (χ3n) is 4.55. The molecule has 5 nitrogen and oxygen atoms in total. The maximum Gasteiger partial charge on any atom is 0.244 e. The van der Waals surface area contributed by atoms with Gasteiger partial charge in [0.1, 0.15) is 17.5 Å². The molecule has 4 rings (SSSR count). The zero-order valence-corrected chi connectivity index (χ0v) is 15.8. The van der Waals surface area contributed by atoms with Crippen LogP contribution in [0.5, 0.6) is 5.88 Å². The number of hydrogen-bond acceptors (Lipinski definition) is 4. The van der Waals surface area contributed by atoms with Gasteiger partial charge in [0, 0.05) is 15.6 Å². The number of halogens is 2. The molecular weight excluding hydrogens is 411 g/mol. The first kappa shape index (κ1) is 17.3. The number of nitrogens with zero attached hydrogens (tertiary/aromatic N) is 2. The normalized spacial score (nSPS) is 15.9. The molecule has 0 unspecified atom stereocenters. The van der Waals surface area contributed by atoms with Crippen LogP contribution in [0, 0.1) is 24.1 Å². The van der Waals surface area contributed by atoms with Gasteiger partial charge >= 0.3 is 0 Å². The largest absolute Gasteiger partial charge is 0.420 e. The first-order valence-corrected chi connectivity index (χ1v) is 8.96. The van der Waals surface area contributed by atoms with Crippen molar-refractivity contribution in [2.45, 2.75) is 12.8 Å². The minimum Gasteiger partial charge on any atom is -0.420 e. The Morgan fingerprint density at radius 2 is 2.00 bits per heavy atom. The molecule has 0 spiro atoms. The van der Waals surface area contributed by atoms with E-state index in [0.29, 0.717) is 21.3 Å². The smallest absolute Gasteiger partial charge is 0.244 e. The molecule has 1 atom stereocenters. The third-order valence-corrected chi connectivity index (χ3v) is 5.04. The van der Waals surface area contributed by atoms with Gasteiger partial charge in [-0.3, -0.25) is 5.10 Å². The molecule has 0 bridgehead atoms. The van der Waals surface area contributed by atoms with E-state index in [1.807, 2.05) is 31.2 Å². The summed E-state index contributed by atoms with van der Waals surface area (Å²) in [4.78, 5) is 0. The molecule has 0 saturated carbocycles. The van der Waals surface area contributed by atoms with Gasteiger partial charge in [0.05, 0.1) is 17.2 Å². The van der Waals surface area contributed by atoms with Gasteiger partial charge in [0.25, 0.3) is 0 Å². The van der Waals surface area contributed by atoms with Gasteiger partial charge in [0.2, 0.25) is 11.8 Å². The lowest BCUT2D eigenvalue weighted by molar-refractivity contribution is 0.378. The first-order valence-electron chi connectivity index (χ1n) is 8.17.